The summed E-state index contributed by atoms with van der Waals surface area (Å²) in [7, 11) is 1.33. The zero-order valence-electron chi connectivity index (χ0n) is 9.14. The molecule has 0 aliphatic carbocycles. The van der Waals surface area contributed by atoms with Crippen LogP contribution >= 0.6 is 0 Å². The number of benzene rings is 1. The topological polar surface area (TPSA) is 72.5 Å². The van der Waals surface area contributed by atoms with Crippen LogP contribution in [0.25, 0.3) is 6.08 Å². The highest BCUT2D eigenvalue weighted by molar-refractivity contribution is 5.91. The number of aliphatic hydroxyl groups is 1. The zero-order chi connectivity index (χ0) is 12.0. The van der Waals surface area contributed by atoms with Crippen LogP contribution in [-0.4, -0.2) is 24.8 Å². The molecule has 0 aliphatic heterocycles. The van der Waals surface area contributed by atoms with Crippen molar-refractivity contribution in [3.63, 3.8) is 0 Å². The molecular weight excluding hydrogens is 206 g/mol. The first-order valence-electron chi connectivity index (χ1n) is 4.94. The fourth-order valence-electron chi connectivity index (χ4n) is 1.26. The summed E-state index contributed by atoms with van der Waals surface area (Å²) in [5, 5.41) is 8.62. The van der Waals surface area contributed by atoms with E-state index in [1.807, 2.05) is 12.2 Å². The summed E-state index contributed by atoms with van der Waals surface area (Å²) in [6.07, 6.45) is 4.22. The summed E-state index contributed by atoms with van der Waals surface area (Å²) in [6.45, 7) is 0.108. The lowest BCUT2D eigenvalue weighted by Gasteiger charge is -2.03. The van der Waals surface area contributed by atoms with Gasteiger partial charge < -0.3 is 15.6 Å². The Morgan fingerprint density at radius 2 is 2.31 bits per heavy atom. The van der Waals surface area contributed by atoms with E-state index >= 15 is 0 Å². The van der Waals surface area contributed by atoms with Gasteiger partial charge in [-0.15, -0.1) is 0 Å². The summed E-state index contributed by atoms with van der Waals surface area (Å²) in [5.74, 6) is -0.405. The van der Waals surface area contributed by atoms with Gasteiger partial charge in [-0.25, -0.2) is 4.79 Å². The SMILES string of the molecule is COC(=O)c1ccc(C=CCCO)c(N)c1. The predicted octanol–water partition coefficient (Wildman–Crippen LogP) is 1.45. The van der Waals surface area contributed by atoms with Crippen molar-refractivity contribution < 1.29 is 14.6 Å². The quantitative estimate of drug-likeness (QED) is 0.596. The summed E-state index contributed by atoms with van der Waals surface area (Å²) in [6, 6.07) is 4.97. The number of ether oxygens (including phenoxy) is 1. The lowest BCUT2D eigenvalue weighted by molar-refractivity contribution is 0.0601. The van der Waals surface area contributed by atoms with Gasteiger partial charge in [-0.2, -0.15) is 0 Å². The lowest BCUT2D eigenvalue weighted by Crippen LogP contribution is -2.02. The molecule has 16 heavy (non-hydrogen) atoms. The number of nitrogens with two attached hydrogens (primary N) is 1. The highest BCUT2D eigenvalue weighted by Crippen LogP contribution is 2.16. The number of nitrogen functional groups attached to an aromatic ring is 1. The predicted molar refractivity (Wildman–Crippen MR) is 62.9 cm³/mol. The second-order valence-corrected chi connectivity index (χ2v) is 3.25. The van der Waals surface area contributed by atoms with Gasteiger partial charge in [0.05, 0.1) is 12.7 Å². The number of hydrogen-bond donors (Lipinski definition) is 2. The van der Waals surface area contributed by atoms with Gasteiger partial charge in [-0.3, -0.25) is 0 Å². The Balaban J connectivity index is 2.87. The lowest BCUT2D eigenvalue weighted by atomic mass is 10.1. The maximum atomic E-state index is 11.2. The van der Waals surface area contributed by atoms with Crippen molar-refractivity contribution in [3.05, 3.63) is 35.4 Å². The molecule has 0 aromatic heterocycles. The molecule has 0 unspecified atom stereocenters. The van der Waals surface area contributed by atoms with Crippen LogP contribution in [0.15, 0.2) is 24.3 Å². The Hall–Kier alpha value is -1.81. The number of methoxy groups -OCH3 is 1. The van der Waals surface area contributed by atoms with Crippen molar-refractivity contribution >= 4 is 17.7 Å². The van der Waals surface area contributed by atoms with Crippen molar-refractivity contribution in [2.75, 3.05) is 19.5 Å². The minimum Gasteiger partial charge on any atom is -0.465 e. The Morgan fingerprint density at radius 3 is 2.88 bits per heavy atom. The third kappa shape index (κ3) is 3.10. The summed E-state index contributed by atoms with van der Waals surface area (Å²) in [5.41, 5.74) is 7.54. The minimum atomic E-state index is -0.405. The minimum absolute atomic E-state index is 0.108. The van der Waals surface area contributed by atoms with Gasteiger partial charge in [0, 0.05) is 12.3 Å². The Bertz CT molecular complexity index is 399. The van der Waals surface area contributed by atoms with Crippen molar-refractivity contribution in [2.24, 2.45) is 0 Å². The molecule has 0 saturated heterocycles. The van der Waals surface area contributed by atoms with Crippen LogP contribution in [-0.2, 0) is 4.74 Å². The molecule has 0 fully saturated rings. The van der Waals surface area contributed by atoms with E-state index < -0.39 is 5.97 Å². The number of carbonyl (C=O) groups is 1. The van der Waals surface area contributed by atoms with E-state index in [9.17, 15) is 4.79 Å². The zero-order valence-corrected chi connectivity index (χ0v) is 9.14. The molecule has 0 bridgehead atoms. The second-order valence-electron chi connectivity index (χ2n) is 3.25. The fourth-order valence-corrected chi connectivity index (χ4v) is 1.26. The summed E-state index contributed by atoms with van der Waals surface area (Å²) < 4.78 is 4.58. The van der Waals surface area contributed by atoms with Crippen molar-refractivity contribution in [1.82, 2.24) is 0 Å². The molecule has 0 spiro atoms. The van der Waals surface area contributed by atoms with E-state index in [0.717, 1.165) is 5.56 Å². The first-order chi connectivity index (χ1) is 7.69. The number of hydrogen-bond acceptors (Lipinski definition) is 4. The standard InChI is InChI=1S/C12H15NO3/c1-16-12(15)10-6-5-9(11(13)8-10)4-2-3-7-14/h2,4-6,8,14H,3,7,13H2,1H3. The number of anilines is 1. The van der Waals surface area contributed by atoms with E-state index in [2.05, 4.69) is 4.74 Å². The van der Waals surface area contributed by atoms with Crippen LogP contribution in [0.5, 0.6) is 0 Å². The molecule has 0 atom stereocenters. The van der Waals surface area contributed by atoms with Crippen LogP contribution in [0.2, 0.25) is 0 Å². The van der Waals surface area contributed by atoms with Crippen molar-refractivity contribution in [2.45, 2.75) is 6.42 Å². The average molecular weight is 221 g/mol. The number of carbonyl (C=O) groups excluding carboxylic acids is 1. The molecule has 0 amide bonds. The Labute approximate surface area is 94.3 Å². The van der Waals surface area contributed by atoms with Crippen LogP contribution in [0.1, 0.15) is 22.3 Å². The van der Waals surface area contributed by atoms with Gasteiger partial charge in [0.2, 0.25) is 0 Å². The maximum Gasteiger partial charge on any atom is 0.337 e. The van der Waals surface area contributed by atoms with Crippen LogP contribution in [0, 0.1) is 0 Å². The third-order valence-electron chi connectivity index (χ3n) is 2.10. The molecule has 4 heteroatoms. The molecule has 0 aliphatic rings. The summed E-state index contributed by atoms with van der Waals surface area (Å²) in [4.78, 5) is 11.2. The van der Waals surface area contributed by atoms with Gasteiger partial charge in [0.15, 0.2) is 0 Å². The van der Waals surface area contributed by atoms with E-state index in [-0.39, 0.29) is 6.61 Å². The fraction of sp³-hybridized carbons (Fsp3) is 0.250. The molecule has 1 aromatic rings. The van der Waals surface area contributed by atoms with Gasteiger partial charge in [0.1, 0.15) is 0 Å². The van der Waals surface area contributed by atoms with Crippen molar-refractivity contribution in [1.29, 1.82) is 0 Å². The Morgan fingerprint density at radius 1 is 1.56 bits per heavy atom. The van der Waals surface area contributed by atoms with Crippen LogP contribution < -0.4 is 5.73 Å². The highest BCUT2D eigenvalue weighted by Gasteiger charge is 2.06. The van der Waals surface area contributed by atoms with E-state index in [4.69, 9.17) is 10.8 Å². The third-order valence-corrected chi connectivity index (χ3v) is 2.10. The van der Waals surface area contributed by atoms with Crippen LogP contribution in [0.4, 0.5) is 5.69 Å². The molecule has 0 heterocycles. The van der Waals surface area contributed by atoms with Gasteiger partial charge in [0.25, 0.3) is 0 Å². The molecule has 86 valence electrons. The monoisotopic (exact) mass is 221 g/mol. The average Bonchev–Trinajstić information content (AvgIpc) is 2.30. The molecular formula is C12H15NO3. The maximum absolute atomic E-state index is 11.2. The molecule has 3 N–H and O–H groups in total. The highest BCUT2D eigenvalue weighted by atomic mass is 16.5. The van der Waals surface area contributed by atoms with Gasteiger partial charge >= 0.3 is 5.97 Å². The molecule has 1 rings (SSSR count). The number of rotatable bonds is 4. The number of esters is 1. The van der Waals surface area contributed by atoms with Gasteiger partial charge in [-0.05, 0) is 24.1 Å². The van der Waals surface area contributed by atoms with Gasteiger partial charge in [-0.1, -0.05) is 18.2 Å². The molecule has 1 aromatic carbocycles. The van der Waals surface area contributed by atoms with E-state index in [1.165, 1.54) is 7.11 Å². The Kier molecular flexibility index (Phi) is 4.54. The molecule has 4 nitrogen and oxygen atoms in total. The normalized spacial score (nSPS) is 10.6. The summed E-state index contributed by atoms with van der Waals surface area (Å²) >= 11 is 0. The van der Waals surface area contributed by atoms with E-state index in [0.29, 0.717) is 17.7 Å². The van der Waals surface area contributed by atoms with Crippen LogP contribution in [0.3, 0.4) is 0 Å². The first kappa shape index (κ1) is 12.3. The van der Waals surface area contributed by atoms with Crippen molar-refractivity contribution in [3.8, 4) is 0 Å². The molecule has 0 radical (unpaired) electrons. The number of aliphatic hydroxyl groups excluding tert-OH is 1. The first-order valence-corrected chi connectivity index (χ1v) is 4.94. The second kappa shape index (κ2) is 5.92. The molecule has 0 saturated carbocycles. The van der Waals surface area contributed by atoms with E-state index in [1.54, 1.807) is 18.2 Å². The largest absolute Gasteiger partial charge is 0.465 e. The smallest absolute Gasteiger partial charge is 0.337 e.